The van der Waals surface area contributed by atoms with Gasteiger partial charge in [0.05, 0.1) is 22.3 Å². The van der Waals surface area contributed by atoms with Crippen molar-refractivity contribution in [1.29, 1.82) is 0 Å². The first-order valence-electron chi connectivity index (χ1n) is 10.8. The smallest absolute Gasteiger partial charge is 0.257 e. The second kappa shape index (κ2) is 8.55. The Morgan fingerprint density at radius 1 is 0.938 bits per heavy atom. The van der Waals surface area contributed by atoms with Gasteiger partial charge in [-0.15, -0.1) is 11.3 Å². The van der Waals surface area contributed by atoms with Crippen LogP contribution in [-0.4, -0.2) is 16.8 Å². The SMILES string of the molecule is NC(=O)c1c(NC(=O)c2cc(-c3ccccc3)nc3ccccc23)sc2c1CCCCC2. The van der Waals surface area contributed by atoms with Crippen LogP contribution in [0.5, 0.6) is 0 Å². The van der Waals surface area contributed by atoms with E-state index in [-0.39, 0.29) is 5.91 Å². The van der Waals surface area contributed by atoms with Crippen LogP contribution in [0.25, 0.3) is 22.2 Å². The summed E-state index contributed by atoms with van der Waals surface area (Å²) in [5, 5.41) is 4.33. The highest BCUT2D eigenvalue weighted by atomic mass is 32.1. The molecular formula is C26H23N3O2S. The van der Waals surface area contributed by atoms with Crippen LogP contribution >= 0.6 is 11.3 Å². The summed E-state index contributed by atoms with van der Waals surface area (Å²) in [6.07, 6.45) is 5.02. The number of nitrogens with two attached hydrogens (primary N) is 1. The van der Waals surface area contributed by atoms with Gasteiger partial charge in [-0.25, -0.2) is 4.98 Å². The van der Waals surface area contributed by atoms with Gasteiger partial charge in [0.2, 0.25) is 0 Å². The number of rotatable bonds is 4. The Morgan fingerprint density at radius 3 is 2.50 bits per heavy atom. The largest absolute Gasteiger partial charge is 0.365 e. The summed E-state index contributed by atoms with van der Waals surface area (Å²) in [6, 6.07) is 19.2. The summed E-state index contributed by atoms with van der Waals surface area (Å²) in [7, 11) is 0. The van der Waals surface area contributed by atoms with E-state index < -0.39 is 5.91 Å². The van der Waals surface area contributed by atoms with E-state index in [4.69, 9.17) is 10.7 Å². The van der Waals surface area contributed by atoms with Gasteiger partial charge in [0.25, 0.3) is 11.8 Å². The van der Waals surface area contributed by atoms with Crippen LogP contribution in [0.4, 0.5) is 5.00 Å². The van der Waals surface area contributed by atoms with Crippen molar-refractivity contribution in [1.82, 2.24) is 4.98 Å². The average molecular weight is 442 g/mol. The average Bonchev–Trinajstić information content (AvgIpc) is 2.99. The van der Waals surface area contributed by atoms with Crippen LogP contribution in [0.15, 0.2) is 60.7 Å². The molecule has 0 bridgehead atoms. The van der Waals surface area contributed by atoms with Crippen molar-refractivity contribution >= 4 is 39.1 Å². The lowest BCUT2D eigenvalue weighted by atomic mass is 10.0. The number of thiophene rings is 1. The molecule has 6 heteroatoms. The number of para-hydroxylation sites is 1. The van der Waals surface area contributed by atoms with Crippen LogP contribution in [-0.2, 0) is 12.8 Å². The Hall–Kier alpha value is -3.51. The number of primary amides is 1. The third kappa shape index (κ3) is 3.78. The minimum absolute atomic E-state index is 0.264. The first-order valence-corrected chi connectivity index (χ1v) is 11.6. The number of amides is 2. The first kappa shape index (κ1) is 20.4. The number of aromatic nitrogens is 1. The molecule has 2 heterocycles. The predicted molar refractivity (Wildman–Crippen MR) is 129 cm³/mol. The van der Waals surface area contributed by atoms with Gasteiger partial charge in [0.1, 0.15) is 5.00 Å². The minimum atomic E-state index is -0.482. The summed E-state index contributed by atoms with van der Waals surface area (Å²) in [5.41, 5.74) is 10.2. The normalized spacial score (nSPS) is 13.4. The fourth-order valence-corrected chi connectivity index (χ4v) is 5.67. The van der Waals surface area contributed by atoms with E-state index in [1.54, 1.807) is 0 Å². The molecule has 2 amide bonds. The second-order valence-corrected chi connectivity index (χ2v) is 9.13. The first-order chi connectivity index (χ1) is 15.6. The second-order valence-electron chi connectivity index (χ2n) is 8.03. The molecular weight excluding hydrogens is 418 g/mol. The van der Waals surface area contributed by atoms with E-state index in [9.17, 15) is 9.59 Å². The molecule has 5 nitrogen and oxygen atoms in total. The summed E-state index contributed by atoms with van der Waals surface area (Å²) >= 11 is 1.48. The van der Waals surface area contributed by atoms with Crippen LogP contribution in [0.2, 0.25) is 0 Å². The molecule has 1 aliphatic carbocycles. The molecule has 5 rings (SSSR count). The lowest BCUT2D eigenvalue weighted by Gasteiger charge is -2.11. The standard InChI is InChI=1S/C26H23N3O2S/c27-24(30)23-18-12-5-2-6-14-22(18)32-26(23)29-25(31)19-15-21(16-9-3-1-4-10-16)28-20-13-8-7-11-17(19)20/h1,3-4,7-11,13,15H,2,5-6,12,14H2,(H2,27,30)(H,29,31). The van der Waals surface area contributed by atoms with Crippen molar-refractivity contribution < 1.29 is 9.59 Å². The molecule has 0 spiro atoms. The summed E-state index contributed by atoms with van der Waals surface area (Å²) in [5.74, 6) is -0.746. The number of hydrogen-bond donors (Lipinski definition) is 2. The molecule has 2 aromatic heterocycles. The minimum Gasteiger partial charge on any atom is -0.365 e. The van der Waals surface area contributed by atoms with Crippen LogP contribution in [0, 0.1) is 0 Å². The molecule has 0 saturated heterocycles. The summed E-state index contributed by atoms with van der Waals surface area (Å²) in [6.45, 7) is 0. The van der Waals surface area contributed by atoms with Crippen LogP contribution in [0.1, 0.15) is 50.4 Å². The predicted octanol–water partition coefficient (Wildman–Crippen LogP) is 5.58. The van der Waals surface area contributed by atoms with Crippen molar-refractivity contribution in [3.8, 4) is 11.3 Å². The van der Waals surface area contributed by atoms with Crippen molar-refractivity contribution in [3.05, 3.63) is 82.2 Å². The molecule has 0 saturated carbocycles. The number of hydrogen-bond acceptors (Lipinski definition) is 4. The third-order valence-corrected chi connectivity index (χ3v) is 7.13. The van der Waals surface area contributed by atoms with E-state index in [0.717, 1.165) is 64.7 Å². The number of benzene rings is 2. The molecule has 2 aromatic carbocycles. The highest BCUT2D eigenvalue weighted by molar-refractivity contribution is 7.17. The molecule has 3 N–H and O–H groups in total. The fraction of sp³-hybridized carbons (Fsp3) is 0.192. The third-order valence-electron chi connectivity index (χ3n) is 5.93. The van der Waals surface area contributed by atoms with Crippen LogP contribution < -0.4 is 11.1 Å². The molecule has 0 unspecified atom stereocenters. The summed E-state index contributed by atoms with van der Waals surface area (Å²) < 4.78 is 0. The Balaban J connectivity index is 1.58. The van der Waals surface area contributed by atoms with E-state index in [0.29, 0.717) is 16.1 Å². The van der Waals surface area contributed by atoms with Gasteiger partial charge in [0, 0.05) is 15.8 Å². The topological polar surface area (TPSA) is 85.1 Å². The number of nitrogens with zero attached hydrogens (tertiary/aromatic N) is 1. The molecule has 0 aliphatic heterocycles. The highest BCUT2D eigenvalue weighted by Gasteiger charge is 2.25. The Morgan fingerprint density at radius 2 is 1.69 bits per heavy atom. The van der Waals surface area contributed by atoms with E-state index >= 15 is 0 Å². The Kier molecular flexibility index (Phi) is 5.45. The van der Waals surface area contributed by atoms with Crippen molar-refractivity contribution in [2.24, 2.45) is 5.73 Å². The lowest BCUT2D eigenvalue weighted by molar-refractivity contribution is 0.100. The highest BCUT2D eigenvalue weighted by Crippen LogP contribution is 2.38. The molecule has 160 valence electrons. The molecule has 0 fully saturated rings. The van der Waals surface area contributed by atoms with Gasteiger partial charge >= 0.3 is 0 Å². The van der Waals surface area contributed by atoms with Crippen molar-refractivity contribution in [2.45, 2.75) is 32.1 Å². The number of pyridine rings is 1. The molecule has 4 aromatic rings. The lowest BCUT2D eigenvalue weighted by Crippen LogP contribution is -2.18. The maximum Gasteiger partial charge on any atom is 0.257 e. The summed E-state index contributed by atoms with van der Waals surface area (Å²) in [4.78, 5) is 31.7. The van der Waals surface area contributed by atoms with Crippen LogP contribution in [0.3, 0.4) is 0 Å². The number of carbonyl (C=O) groups is 2. The van der Waals surface area contributed by atoms with E-state index in [2.05, 4.69) is 5.32 Å². The van der Waals surface area contributed by atoms with Gasteiger partial charge in [-0.05, 0) is 43.4 Å². The molecule has 0 radical (unpaired) electrons. The molecule has 1 aliphatic rings. The zero-order valence-electron chi connectivity index (χ0n) is 17.6. The number of fused-ring (bicyclic) bond motifs is 2. The number of anilines is 1. The monoisotopic (exact) mass is 441 g/mol. The number of nitrogens with one attached hydrogen (secondary N) is 1. The zero-order valence-corrected chi connectivity index (χ0v) is 18.4. The van der Waals surface area contributed by atoms with Gasteiger partial charge in [-0.1, -0.05) is 55.0 Å². The van der Waals surface area contributed by atoms with E-state index in [1.807, 2.05) is 60.7 Å². The zero-order chi connectivity index (χ0) is 22.1. The number of carbonyl (C=O) groups excluding carboxylic acids is 2. The van der Waals surface area contributed by atoms with Crippen molar-refractivity contribution in [2.75, 3.05) is 5.32 Å². The van der Waals surface area contributed by atoms with E-state index in [1.165, 1.54) is 11.3 Å². The molecule has 0 atom stereocenters. The quantitative estimate of drug-likeness (QED) is 0.405. The van der Waals surface area contributed by atoms with Gasteiger partial charge in [-0.2, -0.15) is 0 Å². The Bertz CT molecular complexity index is 1330. The van der Waals surface area contributed by atoms with Gasteiger partial charge < -0.3 is 11.1 Å². The van der Waals surface area contributed by atoms with Gasteiger partial charge in [0.15, 0.2) is 0 Å². The van der Waals surface area contributed by atoms with Crippen molar-refractivity contribution in [3.63, 3.8) is 0 Å². The molecule has 32 heavy (non-hydrogen) atoms. The maximum absolute atomic E-state index is 13.5. The maximum atomic E-state index is 13.5. The van der Waals surface area contributed by atoms with Gasteiger partial charge in [-0.3, -0.25) is 9.59 Å². The Labute approximate surface area is 190 Å². The number of aryl methyl sites for hydroxylation is 1. The fourth-order valence-electron chi connectivity index (χ4n) is 4.38.